The molecule has 0 aliphatic heterocycles. The first-order chi connectivity index (χ1) is 12.0. The maximum atomic E-state index is 13.1. The van der Waals surface area contributed by atoms with E-state index in [2.05, 4.69) is 4.98 Å². The zero-order valence-corrected chi connectivity index (χ0v) is 15.3. The molecule has 0 unspecified atom stereocenters. The van der Waals surface area contributed by atoms with E-state index >= 15 is 0 Å². The third-order valence-corrected chi connectivity index (χ3v) is 4.66. The molecule has 1 amide bonds. The Labute approximate surface area is 151 Å². The minimum absolute atomic E-state index is 0.152. The molecule has 0 saturated heterocycles. The third-order valence-electron chi connectivity index (χ3n) is 3.71. The van der Waals surface area contributed by atoms with Crippen LogP contribution in [0.1, 0.15) is 18.2 Å². The largest absolute Gasteiger partial charge is 0.481 e. The molecule has 1 aromatic heterocycles. The van der Waals surface area contributed by atoms with E-state index in [0.717, 1.165) is 16.9 Å². The average Bonchev–Trinajstić information content (AvgIpc) is 3.04. The summed E-state index contributed by atoms with van der Waals surface area (Å²) in [6.45, 7) is 5.69. The molecule has 25 heavy (non-hydrogen) atoms. The second-order valence-corrected chi connectivity index (χ2v) is 6.69. The van der Waals surface area contributed by atoms with Crippen molar-refractivity contribution >= 4 is 28.1 Å². The molecule has 128 valence electrons. The maximum Gasteiger partial charge on any atom is 0.274 e. The summed E-state index contributed by atoms with van der Waals surface area (Å²) in [6, 6.07) is 17.2. The monoisotopic (exact) mass is 352 g/mol. The van der Waals surface area contributed by atoms with Gasteiger partial charge in [0.15, 0.2) is 11.2 Å². The molecule has 0 aliphatic carbocycles. The molecule has 5 heteroatoms. The van der Waals surface area contributed by atoms with Crippen molar-refractivity contribution in [3.63, 3.8) is 0 Å². The van der Waals surface area contributed by atoms with Crippen LogP contribution in [0, 0.1) is 13.8 Å². The molecule has 0 saturated carbocycles. The van der Waals surface area contributed by atoms with E-state index in [1.54, 1.807) is 11.8 Å². The van der Waals surface area contributed by atoms with Crippen molar-refractivity contribution in [3.05, 3.63) is 71.2 Å². The van der Waals surface area contributed by atoms with Gasteiger partial charge in [0.25, 0.3) is 5.91 Å². The van der Waals surface area contributed by atoms with Gasteiger partial charge in [-0.05, 0) is 45.0 Å². The molecule has 0 bridgehead atoms. The predicted molar refractivity (Wildman–Crippen MR) is 102 cm³/mol. The Morgan fingerprint density at radius 2 is 1.76 bits per heavy atom. The first-order valence-corrected chi connectivity index (χ1v) is 8.97. The molecule has 0 N–H and O–H groups in total. The number of hydrogen-bond acceptors (Lipinski definition) is 4. The molecule has 0 fully saturated rings. The van der Waals surface area contributed by atoms with Crippen molar-refractivity contribution in [2.75, 3.05) is 4.90 Å². The van der Waals surface area contributed by atoms with Gasteiger partial charge in [-0.3, -0.25) is 9.69 Å². The second kappa shape index (κ2) is 7.49. The zero-order valence-electron chi connectivity index (χ0n) is 14.5. The lowest BCUT2D eigenvalue weighted by Gasteiger charge is -2.24. The van der Waals surface area contributed by atoms with Crippen LogP contribution in [0.15, 0.2) is 60.0 Å². The van der Waals surface area contributed by atoms with Crippen LogP contribution in [0.3, 0.4) is 0 Å². The van der Waals surface area contributed by atoms with E-state index in [0.29, 0.717) is 10.9 Å². The number of aromatic nitrogens is 1. The van der Waals surface area contributed by atoms with E-state index in [9.17, 15) is 4.79 Å². The Morgan fingerprint density at radius 1 is 1.08 bits per heavy atom. The molecule has 1 atom stereocenters. The number of nitrogens with zero attached hydrogens (tertiary/aromatic N) is 2. The van der Waals surface area contributed by atoms with Crippen LogP contribution in [0.5, 0.6) is 5.75 Å². The Morgan fingerprint density at radius 3 is 2.36 bits per heavy atom. The summed E-state index contributed by atoms with van der Waals surface area (Å²) in [5.74, 6) is 0.524. The fourth-order valence-corrected chi connectivity index (χ4v) is 3.23. The van der Waals surface area contributed by atoms with Gasteiger partial charge in [0, 0.05) is 5.38 Å². The molecule has 2 aromatic carbocycles. The Bertz CT molecular complexity index is 844. The zero-order chi connectivity index (χ0) is 17.8. The topological polar surface area (TPSA) is 42.4 Å². The lowest BCUT2D eigenvalue weighted by Crippen LogP contribution is -2.37. The molecule has 0 spiro atoms. The summed E-state index contributed by atoms with van der Waals surface area (Å²) in [7, 11) is 0. The van der Waals surface area contributed by atoms with Crippen LogP contribution in [0.4, 0.5) is 10.8 Å². The van der Waals surface area contributed by atoms with E-state index in [1.807, 2.05) is 73.8 Å². The standard InChI is InChI=1S/C20H20N2O2S/c1-14-9-11-18(12-10-14)24-16(3)19(23)22(17-7-5-4-6-8-17)20-21-15(2)13-25-20/h4-13,16H,1-3H3/t16-/m0/s1. The Kier molecular flexibility index (Phi) is 5.14. The van der Waals surface area contributed by atoms with Gasteiger partial charge in [-0.25, -0.2) is 4.98 Å². The Balaban J connectivity index is 1.87. The lowest BCUT2D eigenvalue weighted by atomic mass is 10.2. The number of aryl methyl sites for hydroxylation is 2. The van der Waals surface area contributed by atoms with Crippen molar-refractivity contribution in [2.45, 2.75) is 26.9 Å². The quantitative estimate of drug-likeness (QED) is 0.656. The number of carbonyl (C=O) groups excluding carboxylic acids is 1. The van der Waals surface area contributed by atoms with Gasteiger partial charge in [-0.1, -0.05) is 35.9 Å². The van der Waals surface area contributed by atoms with Crippen LogP contribution in [0.25, 0.3) is 0 Å². The smallest absolute Gasteiger partial charge is 0.274 e. The number of anilines is 2. The first-order valence-electron chi connectivity index (χ1n) is 8.09. The fourth-order valence-electron chi connectivity index (χ4n) is 2.41. The van der Waals surface area contributed by atoms with Gasteiger partial charge in [0.05, 0.1) is 11.4 Å². The fraction of sp³-hybridized carbons (Fsp3) is 0.200. The highest BCUT2D eigenvalue weighted by atomic mass is 32.1. The highest BCUT2D eigenvalue weighted by Gasteiger charge is 2.27. The number of carbonyl (C=O) groups is 1. The van der Waals surface area contributed by atoms with Crippen LogP contribution >= 0.6 is 11.3 Å². The number of rotatable bonds is 5. The van der Waals surface area contributed by atoms with Gasteiger partial charge >= 0.3 is 0 Å². The summed E-state index contributed by atoms with van der Waals surface area (Å²) in [6.07, 6.45) is -0.632. The van der Waals surface area contributed by atoms with Crippen LogP contribution in [-0.2, 0) is 4.79 Å². The number of para-hydroxylation sites is 1. The first kappa shape index (κ1) is 17.2. The van der Waals surface area contributed by atoms with Crippen LogP contribution in [-0.4, -0.2) is 17.0 Å². The van der Waals surface area contributed by atoms with E-state index < -0.39 is 6.10 Å². The average molecular weight is 352 g/mol. The van der Waals surface area contributed by atoms with Gasteiger partial charge < -0.3 is 4.74 Å². The molecule has 3 rings (SSSR count). The molecule has 1 heterocycles. The number of benzene rings is 2. The van der Waals surface area contributed by atoms with Gasteiger partial charge in [0.2, 0.25) is 0 Å². The maximum absolute atomic E-state index is 13.1. The molecular formula is C20H20N2O2S. The number of thiazole rings is 1. The number of hydrogen-bond donors (Lipinski definition) is 0. The summed E-state index contributed by atoms with van der Waals surface area (Å²) in [4.78, 5) is 19.2. The van der Waals surface area contributed by atoms with Crippen molar-refractivity contribution < 1.29 is 9.53 Å². The highest BCUT2D eigenvalue weighted by molar-refractivity contribution is 7.14. The SMILES string of the molecule is Cc1ccc(O[C@@H](C)C(=O)N(c2ccccc2)c2nc(C)cs2)cc1. The number of amides is 1. The summed E-state index contributed by atoms with van der Waals surface area (Å²) < 4.78 is 5.85. The van der Waals surface area contributed by atoms with Crippen molar-refractivity contribution in [3.8, 4) is 5.75 Å². The van der Waals surface area contributed by atoms with Gasteiger partial charge in [0.1, 0.15) is 5.75 Å². The predicted octanol–water partition coefficient (Wildman–Crippen LogP) is 4.89. The van der Waals surface area contributed by atoms with Crippen molar-refractivity contribution in [1.29, 1.82) is 0 Å². The molecule has 0 aliphatic rings. The normalized spacial score (nSPS) is 11.8. The molecule has 3 aromatic rings. The van der Waals surface area contributed by atoms with E-state index in [4.69, 9.17) is 4.74 Å². The number of ether oxygens (including phenoxy) is 1. The molecule has 0 radical (unpaired) electrons. The summed E-state index contributed by atoms with van der Waals surface area (Å²) >= 11 is 1.44. The summed E-state index contributed by atoms with van der Waals surface area (Å²) in [5, 5.41) is 2.58. The van der Waals surface area contributed by atoms with Crippen molar-refractivity contribution in [1.82, 2.24) is 4.98 Å². The third kappa shape index (κ3) is 4.06. The van der Waals surface area contributed by atoms with E-state index in [1.165, 1.54) is 11.3 Å². The summed E-state index contributed by atoms with van der Waals surface area (Å²) in [5.41, 5.74) is 2.82. The van der Waals surface area contributed by atoms with Gasteiger partial charge in [-0.2, -0.15) is 0 Å². The second-order valence-electron chi connectivity index (χ2n) is 5.85. The van der Waals surface area contributed by atoms with Crippen molar-refractivity contribution in [2.24, 2.45) is 0 Å². The lowest BCUT2D eigenvalue weighted by molar-refractivity contribution is -0.123. The Hall–Kier alpha value is -2.66. The van der Waals surface area contributed by atoms with E-state index in [-0.39, 0.29) is 5.91 Å². The van der Waals surface area contributed by atoms with Crippen LogP contribution in [0.2, 0.25) is 0 Å². The molecule has 4 nitrogen and oxygen atoms in total. The minimum Gasteiger partial charge on any atom is -0.481 e. The van der Waals surface area contributed by atoms with Gasteiger partial charge in [-0.15, -0.1) is 11.3 Å². The highest BCUT2D eigenvalue weighted by Crippen LogP contribution is 2.29. The minimum atomic E-state index is -0.632. The molecular weight excluding hydrogens is 332 g/mol. The van der Waals surface area contributed by atoms with Crippen LogP contribution < -0.4 is 9.64 Å².